The zero-order valence-corrected chi connectivity index (χ0v) is 34.2. The van der Waals surface area contributed by atoms with Gasteiger partial charge in [-0.2, -0.15) is 0 Å². The van der Waals surface area contributed by atoms with Gasteiger partial charge in [0.1, 0.15) is 0 Å². The Labute approximate surface area is 361 Å². The van der Waals surface area contributed by atoms with Crippen LogP contribution in [0, 0.1) is 94.7 Å². The Morgan fingerprint density at radius 3 is 0.746 bits per heavy atom. The van der Waals surface area contributed by atoms with Crippen molar-refractivity contribution < 1.29 is 73.7 Å². The summed E-state index contributed by atoms with van der Waals surface area (Å²) in [6.45, 7) is 0. The van der Waals surface area contributed by atoms with Crippen LogP contribution in [-0.4, -0.2) is 78.4 Å². The Bertz CT molecular complexity index is 2140. The van der Waals surface area contributed by atoms with Gasteiger partial charge in [0, 0.05) is 0 Å². The van der Waals surface area contributed by atoms with E-state index < -0.39 is 107 Å². The molecule has 2 aromatic carbocycles. The molecule has 0 amide bonds. The summed E-state index contributed by atoms with van der Waals surface area (Å²) in [4.78, 5) is 101. The molecule has 8 fully saturated rings. The van der Waals surface area contributed by atoms with Crippen molar-refractivity contribution in [1.82, 2.24) is 0 Å². The summed E-state index contributed by atoms with van der Waals surface area (Å²) < 4.78 is 5.49. The molecule has 332 valence electrons. The molecular weight excluding hydrogens is 817 g/mol. The Morgan fingerprint density at radius 2 is 0.524 bits per heavy atom. The zero-order valence-electron chi connectivity index (χ0n) is 34.2. The number of aliphatic carboxylic acids is 6. The van der Waals surface area contributed by atoms with Gasteiger partial charge in [-0.1, -0.05) is 48.5 Å². The first-order chi connectivity index (χ1) is 30.0. The summed E-state index contributed by atoms with van der Waals surface area (Å²) in [6, 6.07) is 15.4. The normalized spacial score (nSPS) is 42.3. The Balaban J connectivity index is 0.785. The molecule has 15 heteroatoms. The van der Waals surface area contributed by atoms with Crippen molar-refractivity contribution in [2.24, 2.45) is 94.7 Å². The number of benzene rings is 2. The third-order valence-electron chi connectivity index (χ3n) is 18.1. The summed E-state index contributed by atoms with van der Waals surface area (Å²) in [5, 5.41) is 60.1. The molecule has 6 N–H and O–H groups in total. The minimum atomic E-state index is -1.17. The van der Waals surface area contributed by atoms with E-state index in [0.29, 0.717) is 51.4 Å². The maximum atomic E-state index is 13.8. The second kappa shape index (κ2) is 15.0. The number of rotatable bonds is 12. The van der Waals surface area contributed by atoms with Crippen LogP contribution in [0.4, 0.5) is 0 Å². The van der Waals surface area contributed by atoms with Crippen LogP contribution >= 0.6 is 0 Å². The van der Waals surface area contributed by atoms with Gasteiger partial charge in [0.15, 0.2) is 0 Å². The second-order valence-corrected chi connectivity index (χ2v) is 20.3. The number of carbonyl (C=O) groups excluding carboxylic acids is 2. The number of fused-ring (bicyclic) bond motifs is 8. The maximum absolute atomic E-state index is 13.8. The molecular formula is C48H50O15. The highest BCUT2D eigenvalue weighted by molar-refractivity contribution is 5.93. The van der Waals surface area contributed by atoms with Gasteiger partial charge in [-0.3, -0.25) is 38.4 Å². The van der Waals surface area contributed by atoms with Crippen molar-refractivity contribution in [3.05, 3.63) is 70.8 Å². The van der Waals surface area contributed by atoms with E-state index in [1.165, 1.54) is 0 Å². The molecule has 0 radical (unpaired) electrons. The van der Waals surface area contributed by atoms with Gasteiger partial charge in [-0.05, 0) is 145 Å². The first-order valence-corrected chi connectivity index (χ1v) is 22.4. The molecule has 2 aromatic rings. The molecule has 0 heterocycles. The van der Waals surface area contributed by atoms with Crippen molar-refractivity contribution in [1.29, 1.82) is 0 Å². The van der Waals surface area contributed by atoms with Crippen LogP contribution in [0.25, 0.3) is 0 Å². The summed E-state index contributed by atoms with van der Waals surface area (Å²) in [7, 11) is 0. The van der Waals surface area contributed by atoms with Crippen molar-refractivity contribution in [3.8, 4) is 0 Å². The summed E-state index contributed by atoms with van der Waals surface area (Å²) in [5.41, 5.74) is 3.63. The number of ether oxygens (including phenoxy) is 1. The molecule has 20 atom stereocenters. The van der Waals surface area contributed by atoms with Gasteiger partial charge in [-0.15, -0.1) is 0 Å². The van der Waals surface area contributed by atoms with E-state index in [2.05, 4.69) is 0 Å². The van der Waals surface area contributed by atoms with E-state index >= 15 is 0 Å². The third kappa shape index (κ3) is 6.33. The quantitative estimate of drug-likeness (QED) is 0.115. The maximum Gasteiger partial charge on any atom is 0.317 e. The molecule has 0 aromatic heterocycles. The number of hydrogen-bond acceptors (Lipinski definition) is 9. The van der Waals surface area contributed by atoms with E-state index in [1.807, 2.05) is 48.5 Å². The SMILES string of the molecule is O=C(O)C1C2CC(c3ccc(C4C[C@H]5C[C@@H]4[C@H](C(=O)O)C5C(=O)OC(=O)[C@@H]4[C@@H]5C[C@H]([C@@H]4C(=O)O)[C@@H](c4ccc(C6CC7CC6C(C(=O)O)C7C(=O)O)cc4)C5)cc3)C(C2)C1C(=O)O. The van der Waals surface area contributed by atoms with Gasteiger partial charge in [0.25, 0.3) is 0 Å². The Morgan fingerprint density at radius 1 is 0.317 bits per heavy atom. The van der Waals surface area contributed by atoms with Crippen LogP contribution < -0.4 is 0 Å². The van der Waals surface area contributed by atoms with Crippen molar-refractivity contribution in [2.45, 2.75) is 75.0 Å². The van der Waals surface area contributed by atoms with Crippen molar-refractivity contribution in [3.63, 3.8) is 0 Å². The number of hydrogen-bond donors (Lipinski definition) is 6. The lowest BCUT2D eigenvalue weighted by Gasteiger charge is -2.34. The lowest BCUT2D eigenvalue weighted by Crippen LogP contribution is -2.42. The minimum Gasteiger partial charge on any atom is -0.481 e. The van der Waals surface area contributed by atoms with Crippen LogP contribution in [0.3, 0.4) is 0 Å². The average Bonchev–Trinajstić information content (AvgIpc) is 4.11. The fraction of sp³-hybridized carbons (Fsp3) is 0.583. The molecule has 8 saturated carbocycles. The van der Waals surface area contributed by atoms with E-state index in [4.69, 9.17) is 4.74 Å². The molecule has 0 spiro atoms. The molecule has 10 rings (SSSR count). The fourth-order valence-corrected chi connectivity index (χ4v) is 15.9. The van der Waals surface area contributed by atoms with Crippen molar-refractivity contribution >= 4 is 47.8 Å². The standard InChI is InChI=1S/C48H50O15/c49-41(50)33-21-9-25(29(13-21)37(33)43(53)54)17-1-5-19(6-2-17)27-11-23-15-31(27)39(45(57)58)35(23)47(61)63-48(62)36-24-12-28(32(16-24)40(36)46(59)60)20-7-3-18(4-8-20)26-10-22-14-30(26)38(44(55)56)34(22)42(51)52/h1-8,21-40H,9-16H2,(H,49,50)(H,51,52)(H,53,54)(H,55,56)(H,57,58)(H,59,60)/t21?,22?,23-,24-,25?,26?,27+,28?,29?,30?,31-,32-,33?,34?,35+,36?,37?,38?,39-,40-/m0/s1. The number of carbonyl (C=O) groups is 8. The van der Waals surface area contributed by atoms with E-state index in [-0.39, 0.29) is 59.2 Å². The molecule has 8 aliphatic rings. The third-order valence-corrected chi connectivity index (χ3v) is 18.1. The van der Waals surface area contributed by atoms with Crippen LogP contribution in [0.15, 0.2) is 48.5 Å². The Kier molecular flexibility index (Phi) is 9.86. The zero-order chi connectivity index (χ0) is 44.5. The second-order valence-electron chi connectivity index (χ2n) is 20.3. The molecule has 8 bridgehead atoms. The van der Waals surface area contributed by atoms with Gasteiger partial charge in [-0.25, -0.2) is 0 Å². The van der Waals surface area contributed by atoms with Gasteiger partial charge in [0.2, 0.25) is 0 Å². The monoisotopic (exact) mass is 866 g/mol. The highest BCUT2D eigenvalue weighted by Gasteiger charge is 2.63. The average molecular weight is 867 g/mol. The highest BCUT2D eigenvalue weighted by Crippen LogP contribution is 2.63. The number of esters is 2. The summed E-state index contributed by atoms with van der Waals surface area (Å²) in [5.74, 6) is -19.7. The van der Waals surface area contributed by atoms with E-state index in [0.717, 1.165) is 22.3 Å². The fourth-order valence-electron chi connectivity index (χ4n) is 15.9. The smallest absolute Gasteiger partial charge is 0.317 e. The summed E-state index contributed by atoms with van der Waals surface area (Å²) in [6.07, 6.45) is 4.14. The molecule has 0 saturated heterocycles. The Hall–Kier alpha value is -5.60. The lowest BCUT2D eigenvalue weighted by molar-refractivity contribution is -0.175. The predicted molar refractivity (Wildman–Crippen MR) is 214 cm³/mol. The van der Waals surface area contributed by atoms with E-state index in [1.54, 1.807) is 0 Å². The van der Waals surface area contributed by atoms with Crippen molar-refractivity contribution in [2.75, 3.05) is 0 Å². The van der Waals surface area contributed by atoms with Gasteiger partial charge >= 0.3 is 47.8 Å². The number of carboxylic acids is 6. The first kappa shape index (κ1) is 41.4. The first-order valence-electron chi connectivity index (χ1n) is 22.4. The summed E-state index contributed by atoms with van der Waals surface area (Å²) >= 11 is 0. The van der Waals surface area contributed by atoms with Crippen LogP contribution in [0.5, 0.6) is 0 Å². The van der Waals surface area contributed by atoms with Gasteiger partial charge in [0.05, 0.1) is 47.3 Å². The van der Waals surface area contributed by atoms with Crippen LogP contribution in [-0.2, 0) is 43.1 Å². The van der Waals surface area contributed by atoms with Gasteiger partial charge < -0.3 is 35.4 Å². The molecule has 12 unspecified atom stereocenters. The predicted octanol–water partition coefficient (Wildman–Crippen LogP) is 5.39. The largest absolute Gasteiger partial charge is 0.481 e. The molecule has 15 nitrogen and oxygen atoms in total. The van der Waals surface area contributed by atoms with E-state index in [9.17, 15) is 69.0 Å². The van der Waals surface area contributed by atoms with Crippen LogP contribution in [0.1, 0.15) is 97.3 Å². The molecule has 63 heavy (non-hydrogen) atoms. The topological polar surface area (TPSA) is 267 Å². The minimum absolute atomic E-state index is 0.0936. The highest BCUT2D eigenvalue weighted by atomic mass is 16.6. The number of carboxylic acid groups (broad SMARTS) is 6. The molecule has 0 aliphatic heterocycles. The lowest BCUT2D eigenvalue weighted by atomic mass is 9.70. The van der Waals surface area contributed by atoms with Crippen LogP contribution in [0.2, 0.25) is 0 Å². The molecule has 8 aliphatic carbocycles.